The Labute approximate surface area is 91.7 Å². The number of rotatable bonds is 5. The molecule has 0 aromatic carbocycles. The first-order valence-corrected chi connectivity index (χ1v) is 6.06. The number of hydrogen-bond donors (Lipinski definition) is 5. The van der Waals surface area contributed by atoms with E-state index < -0.39 is 19.7 Å². The van der Waals surface area contributed by atoms with Crippen LogP contribution in [0.3, 0.4) is 0 Å². The summed E-state index contributed by atoms with van der Waals surface area (Å²) in [5.74, 6) is -0.759. The zero-order chi connectivity index (χ0) is 12.2. The number of aromatic amines is 1. The maximum atomic E-state index is 11.4. The fourth-order valence-corrected chi connectivity index (χ4v) is 1.61. The zero-order valence-electron chi connectivity index (χ0n) is 8.54. The van der Waals surface area contributed by atoms with Crippen LogP contribution in [-0.4, -0.2) is 38.8 Å². The third-order valence-electron chi connectivity index (χ3n) is 1.90. The smallest absolute Gasteiger partial charge is 0.348 e. The van der Waals surface area contributed by atoms with Crippen LogP contribution in [0.5, 0.6) is 0 Å². The van der Waals surface area contributed by atoms with Crippen LogP contribution in [0.4, 0.5) is 0 Å². The van der Waals surface area contributed by atoms with Crippen LogP contribution >= 0.6 is 7.75 Å². The summed E-state index contributed by atoms with van der Waals surface area (Å²) < 4.78 is 10.6. The van der Waals surface area contributed by atoms with E-state index >= 15 is 0 Å². The van der Waals surface area contributed by atoms with Gasteiger partial charge in [0, 0.05) is 18.3 Å². The Balaban J connectivity index is 2.61. The van der Waals surface area contributed by atoms with E-state index in [1.807, 2.05) is 0 Å². The van der Waals surface area contributed by atoms with Gasteiger partial charge in [0.25, 0.3) is 0 Å². The molecule has 0 fully saturated rings. The molecule has 1 aromatic rings. The first kappa shape index (κ1) is 12.9. The zero-order valence-corrected chi connectivity index (χ0v) is 9.44. The molecule has 0 unspecified atom stereocenters. The normalized spacial score (nSPS) is 13.4. The van der Waals surface area contributed by atoms with Gasteiger partial charge in [-0.05, 0) is 7.05 Å². The van der Waals surface area contributed by atoms with E-state index in [0.717, 1.165) is 0 Å². The molecule has 1 rings (SSSR count). The number of H-pyrrole nitrogens is 1. The summed E-state index contributed by atoms with van der Waals surface area (Å²) in [5.41, 5.74) is 0.695. The number of nitrogens with zero attached hydrogens (tertiary/aromatic N) is 1. The van der Waals surface area contributed by atoms with Crippen LogP contribution in [0, 0.1) is 0 Å². The highest BCUT2D eigenvalue weighted by atomic mass is 31.2. The quantitative estimate of drug-likeness (QED) is 0.414. The van der Waals surface area contributed by atoms with Crippen molar-refractivity contribution >= 4 is 13.7 Å². The highest BCUT2D eigenvalue weighted by Gasteiger charge is 2.24. The van der Waals surface area contributed by atoms with Crippen molar-refractivity contribution in [2.45, 2.75) is 12.5 Å². The van der Waals surface area contributed by atoms with E-state index in [1.165, 1.54) is 19.6 Å². The standard InChI is InChI=1S/C7H13N4O4P/c1-8-6(2-5-3-9-4-10-5)7(12)11-16(13,14)15/h3-4,6,8H,2H2,1H3,(H,9,10)(H3,11,12,13,14,15)/t6-/m0/s1. The molecule has 1 atom stereocenters. The Morgan fingerprint density at radius 1 is 1.69 bits per heavy atom. The molecule has 0 saturated carbocycles. The highest BCUT2D eigenvalue weighted by Crippen LogP contribution is 2.28. The van der Waals surface area contributed by atoms with Crippen molar-refractivity contribution in [2.24, 2.45) is 0 Å². The second kappa shape index (κ2) is 5.22. The van der Waals surface area contributed by atoms with E-state index in [0.29, 0.717) is 5.69 Å². The molecule has 0 saturated heterocycles. The monoisotopic (exact) mass is 248 g/mol. The third kappa shape index (κ3) is 4.11. The maximum Gasteiger partial charge on any atom is 0.429 e. The second-order valence-electron chi connectivity index (χ2n) is 3.14. The van der Waals surface area contributed by atoms with E-state index in [-0.39, 0.29) is 6.42 Å². The van der Waals surface area contributed by atoms with Crippen LogP contribution in [0.15, 0.2) is 12.5 Å². The molecule has 0 aliphatic carbocycles. The average Bonchev–Trinajstić information content (AvgIpc) is 2.63. The first-order valence-electron chi connectivity index (χ1n) is 4.44. The minimum Gasteiger partial charge on any atom is -0.348 e. The van der Waals surface area contributed by atoms with Crippen LogP contribution in [0.2, 0.25) is 0 Å². The molecule has 1 amide bonds. The molecule has 5 N–H and O–H groups in total. The van der Waals surface area contributed by atoms with Crippen molar-refractivity contribution in [3.63, 3.8) is 0 Å². The van der Waals surface area contributed by atoms with Gasteiger partial charge in [0.2, 0.25) is 5.91 Å². The SMILES string of the molecule is CN[C@@H](Cc1cnc[nH]1)C(=O)NP(=O)(O)O. The van der Waals surface area contributed by atoms with Crippen molar-refractivity contribution < 1.29 is 19.1 Å². The fourth-order valence-electron chi connectivity index (χ4n) is 1.16. The van der Waals surface area contributed by atoms with Gasteiger partial charge in [0.1, 0.15) is 0 Å². The largest absolute Gasteiger partial charge is 0.429 e. The Morgan fingerprint density at radius 3 is 2.81 bits per heavy atom. The molecular formula is C7H13N4O4P. The van der Waals surface area contributed by atoms with Gasteiger partial charge in [-0.3, -0.25) is 9.88 Å². The lowest BCUT2D eigenvalue weighted by Crippen LogP contribution is -2.42. The second-order valence-corrected chi connectivity index (χ2v) is 4.45. The molecule has 0 aliphatic heterocycles. The number of likely N-dealkylation sites (N-methyl/N-ethyl adjacent to an activating group) is 1. The van der Waals surface area contributed by atoms with Crippen LogP contribution in [0.25, 0.3) is 0 Å². The van der Waals surface area contributed by atoms with E-state index in [9.17, 15) is 9.36 Å². The minimum atomic E-state index is -4.54. The fraction of sp³-hybridized carbons (Fsp3) is 0.429. The first-order chi connectivity index (χ1) is 7.42. The predicted molar refractivity (Wildman–Crippen MR) is 55.3 cm³/mol. The number of nitrogens with one attached hydrogen (secondary N) is 3. The summed E-state index contributed by atoms with van der Waals surface area (Å²) >= 11 is 0. The molecule has 8 nitrogen and oxygen atoms in total. The van der Waals surface area contributed by atoms with Crippen molar-refractivity contribution in [3.8, 4) is 0 Å². The molecule has 0 spiro atoms. The van der Waals surface area contributed by atoms with Gasteiger partial charge in [0.05, 0.1) is 12.4 Å². The summed E-state index contributed by atoms with van der Waals surface area (Å²) in [6.45, 7) is 0. The van der Waals surface area contributed by atoms with Crippen LogP contribution in [-0.2, 0) is 15.8 Å². The Bertz CT molecular complexity index is 387. The van der Waals surface area contributed by atoms with E-state index in [1.54, 1.807) is 5.09 Å². The summed E-state index contributed by atoms with van der Waals surface area (Å²) in [7, 11) is -3.02. The van der Waals surface area contributed by atoms with Gasteiger partial charge in [-0.2, -0.15) is 0 Å². The van der Waals surface area contributed by atoms with E-state index in [4.69, 9.17) is 9.79 Å². The number of hydrogen-bond acceptors (Lipinski definition) is 4. The van der Waals surface area contributed by atoms with Gasteiger partial charge >= 0.3 is 7.75 Å². The third-order valence-corrected chi connectivity index (χ3v) is 2.41. The summed E-state index contributed by atoms with van der Waals surface area (Å²) in [4.78, 5) is 35.2. The minimum absolute atomic E-state index is 0.266. The number of imidazole rings is 1. The van der Waals surface area contributed by atoms with Crippen molar-refractivity contribution in [1.82, 2.24) is 20.4 Å². The van der Waals surface area contributed by atoms with Crippen LogP contribution < -0.4 is 10.4 Å². The molecule has 9 heteroatoms. The van der Waals surface area contributed by atoms with Gasteiger partial charge in [0.15, 0.2) is 0 Å². The Kier molecular flexibility index (Phi) is 4.19. The predicted octanol–water partition coefficient (Wildman–Crippen LogP) is -1.25. The van der Waals surface area contributed by atoms with Gasteiger partial charge in [-0.15, -0.1) is 0 Å². The lowest BCUT2D eigenvalue weighted by Gasteiger charge is -2.15. The Hall–Kier alpha value is -1.21. The molecular weight excluding hydrogens is 235 g/mol. The summed E-state index contributed by atoms with van der Waals surface area (Å²) in [6, 6.07) is -0.729. The number of carbonyl (C=O) groups is 1. The molecule has 0 aliphatic rings. The average molecular weight is 248 g/mol. The van der Waals surface area contributed by atoms with Crippen molar-refractivity contribution in [2.75, 3.05) is 7.05 Å². The molecule has 1 aromatic heterocycles. The number of amides is 1. The van der Waals surface area contributed by atoms with Gasteiger partial charge in [-0.1, -0.05) is 0 Å². The van der Waals surface area contributed by atoms with Crippen molar-refractivity contribution in [1.29, 1.82) is 0 Å². The summed E-state index contributed by atoms with van der Waals surface area (Å²) in [6.07, 6.45) is 3.26. The molecule has 90 valence electrons. The molecule has 0 bridgehead atoms. The molecule has 16 heavy (non-hydrogen) atoms. The lowest BCUT2D eigenvalue weighted by molar-refractivity contribution is -0.121. The number of carbonyl (C=O) groups excluding carboxylic acids is 1. The van der Waals surface area contributed by atoms with Crippen molar-refractivity contribution in [3.05, 3.63) is 18.2 Å². The van der Waals surface area contributed by atoms with Crippen LogP contribution in [0.1, 0.15) is 5.69 Å². The molecule has 1 heterocycles. The molecule has 0 radical (unpaired) electrons. The summed E-state index contributed by atoms with van der Waals surface area (Å²) in [5, 5.41) is 4.27. The van der Waals surface area contributed by atoms with Gasteiger partial charge in [-0.25, -0.2) is 9.55 Å². The van der Waals surface area contributed by atoms with Gasteiger partial charge < -0.3 is 20.1 Å². The topological polar surface area (TPSA) is 127 Å². The highest BCUT2D eigenvalue weighted by molar-refractivity contribution is 7.50. The maximum absolute atomic E-state index is 11.4. The van der Waals surface area contributed by atoms with E-state index in [2.05, 4.69) is 15.3 Å². The number of aromatic nitrogens is 2. The lowest BCUT2D eigenvalue weighted by atomic mass is 10.1. The Morgan fingerprint density at radius 2 is 2.38 bits per heavy atom.